The van der Waals surface area contributed by atoms with Crippen molar-refractivity contribution in [3.8, 4) is 0 Å². The van der Waals surface area contributed by atoms with E-state index in [-0.39, 0.29) is 23.0 Å². The highest BCUT2D eigenvalue weighted by atomic mass is 35.5. The molecule has 0 aliphatic heterocycles. The number of primary sulfonamides is 1. The van der Waals surface area contributed by atoms with Gasteiger partial charge in [-0.2, -0.15) is 0 Å². The summed E-state index contributed by atoms with van der Waals surface area (Å²) in [6, 6.07) is 12.9. The lowest BCUT2D eigenvalue weighted by molar-refractivity contribution is -0.384. The highest BCUT2D eigenvalue weighted by molar-refractivity contribution is 7.89. The minimum absolute atomic E-state index is 0. The Morgan fingerprint density at radius 3 is 2.33 bits per heavy atom. The number of benzene rings is 2. The molecule has 0 radical (unpaired) electrons. The van der Waals surface area contributed by atoms with Crippen LogP contribution in [0.1, 0.15) is 11.1 Å². The molecule has 0 atom stereocenters. The second-order valence-corrected chi connectivity index (χ2v) is 6.60. The molecule has 2 aromatic carbocycles. The van der Waals surface area contributed by atoms with Crippen LogP contribution in [0, 0.1) is 10.1 Å². The van der Waals surface area contributed by atoms with Crippen LogP contribution in [0.3, 0.4) is 0 Å². The van der Waals surface area contributed by atoms with E-state index >= 15 is 0 Å². The molecule has 0 spiro atoms. The minimum Gasteiger partial charge on any atom is -0.312 e. The number of halogens is 1. The smallest absolute Gasteiger partial charge is 0.269 e. The SMILES string of the molecule is Cl.NS(=O)(=O)c1ccc(CCNCc2cccc([N+](=O)[O-])c2)cc1. The first-order chi connectivity index (χ1) is 10.9. The maximum Gasteiger partial charge on any atom is 0.269 e. The normalized spacial score (nSPS) is 10.9. The highest BCUT2D eigenvalue weighted by Gasteiger charge is 2.07. The second kappa shape index (κ2) is 8.74. The second-order valence-electron chi connectivity index (χ2n) is 5.04. The Morgan fingerprint density at radius 2 is 1.75 bits per heavy atom. The predicted octanol–water partition coefficient (Wildman–Crippen LogP) is 2.00. The Kier molecular flexibility index (Phi) is 7.30. The van der Waals surface area contributed by atoms with Gasteiger partial charge < -0.3 is 5.32 Å². The molecule has 0 bridgehead atoms. The fourth-order valence-electron chi connectivity index (χ4n) is 2.09. The molecule has 0 amide bonds. The van der Waals surface area contributed by atoms with Crippen molar-refractivity contribution in [2.24, 2.45) is 5.14 Å². The average Bonchev–Trinajstić information content (AvgIpc) is 2.51. The van der Waals surface area contributed by atoms with Crippen molar-refractivity contribution in [1.29, 1.82) is 0 Å². The molecule has 0 aromatic heterocycles. The topological polar surface area (TPSA) is 115 Å². The van der Waals surface area contributed by atoms with Gasteiger partial charge in [-0.15, -0.1) is 12.4 Å². The molecule has 2 aromatic rings. The van der Waals surface area contributed by atoms with E-state index in [9.17, 15) is 18.5 Å². The number of nitro groups is 1. The summed E-state index contributed by atoms with van der Waals surface area (Å²) in [5, 5.41) is 18.9. The van der Waals surface area contributed by atoms with Gasteiger partial charge in [0.25, 0.3) is 5.69 Å². The molecule has 0 saturated carbocycles. The van der Waals surface area contributed by atoms with Gasteiger partial charge in [0, 0.05) is 18.7 Å². The number of nitrogens with two attached hydrogens (primary N) is 1. The summed E-state index contributed by atoms with van der Waals surface area (Å²) in [5.41, 5.74) is 1.88. The van der Waals surface area contributed by atoms with Crippen molar-refractivity contribution in [2.45, 2.75) is 17.9 Å². The third-order valence-electron chi connectivity index (χ3n) is 3.29. The van der Waals surface area contributed by atoms with Gasteiger partial charge in [-0.3, -0.25) is 10.1 Å². The van der Waals surface area contributed by atoms with Crippen molar-refractivity contribution >= 4 is 28.1 Å². The van der Waals surface area contributed by atoms with E-state index in [2.05, 4.69) is 5.32 Å². The molecular formula is C15H18ClN3O4S. The molecule has 0 aliphatic rings. The van der Waals surface area contributed by atoms with Crippen LogP contribution >= 0.6 is 12.4 Å². The Balaban J connectivity index is 0.00000288. The fourth-order valence-corrected chi connectivity index (χ4v) is 2.61. The number of hydrogen-bond acceptors (Lipinski definition) is 5. The van der Waals surface area contributed by atoms with Crippen LogP contribution in [-0.4, -0.2) is 19.9 Å². The maximum absolute atomic E-state index is 11.2. The zero-order chi connectivity index (χ0) is 16.9. The van der Waals surface area contributed by atoms with Crippen LogP contribution in [0.4, 0.5) is 5.69 Å². The van der Waals surface area contributed by atoms with Crippen LogP contribution in [0.15, 0.2) is 53.4 Å². The zero-order valence-corrected chi connectivity index (χ0v) is 14.3. The van der Waals surface area contributed by atoms with Gasteiger partial charge in [-0.05, 0) is 36.2 Å². The van der Waals surface area contributed by atoms with Crippen LogP contribution in [0.2, 0.25) is 0 Å². The van der Waals surface area contributed by atoms with Gasteiger partial charge >= 0.3 is 0 Å². The summed E-state index contributed by atoms with van der Waals surface area (Å²) in [4.78, 5) is 10.4. The lowest BCUT2D eigenvalue weighted by Gasteiger charge is -2.06. The molecule has 0 fully saturated rings. The fraction of sp³-hybridized carbons (Fsp3) is 0.200. The van der Waals surface area contributed by atoms with E-state index in [1.165, 1.54) is 24.3 Å². The predicted molar refractivity (Wildman–Crippen MR) is 93.6 cm³/mol. The summed E-state index contributed by atoms with van der Waals surface area (Å²) in [5.74, 6) is 0. The summed E-state index contributed by atoms with van der Waals surface area (Å²) >= 11 is 0. The zero-order valence-electron chi connectivity index (χ0n) is 12.7. The van der Waals surface area contributed by atoms with Gasteiger partial charge in [-0.1, -0.05) is 24.3 Å². The number of hydrogen-bond donors (Lipinski definition) is 2. The minimum atomic E-state index is -3.66. The van der Waals surface area contributed by atoms with Crippen LogP contribution in [0.25, 0.3) is 0 Å². The summed E-state index contributed by atoms with van der Waals surface area (Å²) in [7, 11) is -3.66. The first-order valence-electron chi connectivity index (χ1n) is 6.92. The summed E-state index contributed by atoms with van der Waals surface area (Å²) < 4.78 is 22.3. The van der Waals surface area contributed by atoms with E-state index < -0.39 is 14.9 Å². The summed E-state index contributed by atoms with van der Waals surface area (Å²) in [6.45, 7) is 1.19. The monoisotopic (exact) mass is 371 g/mol. The molecular weight excluding hydrogens is 354 g/mol. The number of nitrogens with zero attached hydrogens (tertiary/aromatic N) is 1. The van der Waals surface area contributed by atoms with Crippen molar-refractivity contribution < 1.29 is 13.3 Å². The lowest BCUT2D eigenvalue weighted by atomic mass is 10.1. The molecule has 0 aliphatic carbocycles. The number of rotatable bonds is 7. The van der Waals surface area contributed by atoms with E-state index in [0.717, 1.165) is 11.1 Å². The van der Waals surface area contributed by atoms with Gasteiger partial charge in [0.15, 0.2) is 0 Å². The highest BCUT2D eigenvalue weighted by Crippen LogP contribution is 2.13. The molecule has 0 unspecified atom stereocenters. The summed E-state index contributed by atoms with van der Waals surface area (Å²) in [6.07, 6.45) is 0.708. The van der Waals surface area contributed by atoms with Crippen LogP contribution < -0.4 is 10.5 Å². The molecule has 130 valence electrons. The molecule has 9 heteroatoms. The molecule has 7 nitrogen and oxygen atoms in total. The first kappa shape index (κ1) is 20.0. The number of sulfonamides is 1. The average molecular weight is 372 g/mol. The van der Waals surface area contributed by atoms with E-state index in [0.29, 0.717) is 19.5 Å². The van der Waals surface area contributed by atoms with Gasteiger partial charge in [0.05, 0.1) is 9.82 Å². The standard InChI is InChI=1S/C15H17N3O4S.ClH/c16-23(21,22)15-6-4-12(5-7-15)8-9-17-11-13-2-1-3-14(10-13)18(19)20;/h1-7,10,17H,8-9,11H2,(H2,16,21,22);1H. The van der Waals surface area contributed by atoms with Gasteiger partial charge in [0.1, 0.15) is 0 Å². The Labute approximate surface area is 146 Å². The Bertz CT molecular complexity index is 795. The Hall–Kier alpha value is -2.00. The first-order valence-corrected chi connectivity index (χ1v) is 8.47. The third-order valence-corrected chi connectivity index (χ3v) is 4.22. The molecule has 0 heterocycles. The van der Waals surface area contributed by atoms with Gasteiger partial charge in [0.2, 0.25) is 10.0 Å². The number of non-ortho nitro benzene ring substituents is 1. The van der Waals surface area contributed by atoms with Gasteiger partial charge in [-0.25, -0.2) is 13.6 Å². The van der Waals surface area contributed by atoms with E-state index in [1.54, 1.807) is 18.2 Å². The van der Waals surface area contributed by atoms with Crippen LogP contribution in [0.5, 0.6) is 0 Å². The molecule has 2 rings (SSSR count). The largest absolute Gasteiger partial charge is 0.312 e. The number of nitrogens with one attached hydrogen (secondary N) is 1. The lowest BCUT2D eigenvalue weighted by Crippen LogP contribution is -2.17. The number of nitro benzene ring substituents is 1. The van der Waals surface area contributed by atoms with Crippen molar-refractivity contribution in [3.63, 3.8) is 0 Å². The molecule has 0 saturated heterocycles. The van der Waals surface area contributed by atoms with Crippen molar-refractivity contribution in [1.82, 2.24) is 5.32 Å². The Morgan fingerprint density at radius 1 is 1.08 bits per heavy atom. The molecule has 24 heavy (non-hydrogen) atoms. The van der Waals surface area contributed by atoms with Crippen molar-refractivity contribution in [2.75, 3.05) is 6.54 Å². The maximum atomic E-state index is 11.2. The van der Waals surface area contributed by atoms with Crippen molar-refractivity contribution in [3.05, 3.63) is 69.8 Å². The van der Waals surface area contributed by atoms with E-state index in [1.807, 2.05) is 6.07 Å². The van der Waals surface area contributed by atoms with Crippen LogP contribution in [-0.2, 0) is 23.0 Å². The third kappa shape index (κ3) is 5.89. The quantitative estimate of drug-likeness (QED) is 0.438. The van der Waals surface area contributed by atoms with E-state index in [4.69, 9.17) is 5.14 Å². The molecule has 3 N–H and O–H groups in total.